The number of hydrogen-bond acceptors (Lipinski definition) is 7. The maximum Gasteiger partial charge on any atom is 0.252 e. The fourth-order valence-corrected chi connectivity index (χ4v) is 8.31. The molecule has 1 fully saturated rings. The standard InChI is InChI=1S/C24H27FN2O5S3/c1-24(2,28)18-8-10-20(11-9-18)27-13-12-26(35(31,32)23-7-4-14-33-23)16-21(27)17-34(29,30)22-6-3-5-19(25)15-22/h3-11,14-15,21,28H,12-13,16-17H2,1-2H3/t21-/m1/s1. The average Bonchev–Trinajstić information content (AvgIpc) is 3.34. The van der Waals surface area contributed by atoms with Gasteiger partial charge in [-0.3, -0.25) is 0 Å². The number of piperazine rings is 1. The Bertz CT molecular complexity index is 1380. The molecule has 1 saturated heterocycles. The molecule has 7 nitrogen and oxygen atoms in total. The minimum Gasteiger partial charge on any atom is -0.386 e. The summed E-state index contributed by atoms with van der Waals surface area (Å²) in [5.74, 6) is -1.05. The molecule has 1 aromatic heterocycles. The second kappa shape index (κ2) is 9.62. The van der Waals surface area contributed by atoms with E-state index in [1.807, 2.05) is 4.90 Å². The number of benzene rings is 2. The van der Waals surface area contributed by atoms with Crippen molar-refractivity contribution in [3.05, 3.63) is 77.4 Å². The summed E-state index contributed by atoms with van der Waals surface area (Å²) in [6.07, 6.45) is 0. The molecule has 35 heavy (non-hydrogen) atoms. The van der Waals surface area contributed by atoms with Crippen molar-refractivity contribution in [2.75, 3.05) is 30.3 Å². The van der Waals surface area contributed by atoms with E-state index in [0.717, 1.165) is 17.4 Å². The molecule has 1 atom stereocenters. The van der Waals surface area contributed by atoms with E-state index in [0.29, 0.717) is 11.3 Å². The van der Waals surface area contributed by atoms with E-state index in [-0.39, 0.29) is 34.5 Å². The molecule has 0 spiro atoms. The van der Waals surface area contributed by atoms with Crippen LogP contribution < -0.4 is 4.90 Å². The van der Waals surface area contributed by atoms with Crippen molar-refractivity contribution in [1.29, 1.82) is 0 Å². The lowest BCUT2D eigenvalue weighted by atomic mass is 9.98. The Morgan fingerprint density at radius 1 is 1.03 bits per heavy atom. The molecule has 11 heteroatoms. The van der Waals surface area contributed by atoms with Gasteiger partial charge in [0.1, 0.15) is 10.0 Å². The van der Waals surface area contributed by atoms with Gasteiger partial charge in [0.05, 0.1) is 22.3 Å². The van der Waals surface area contributed by atoms with Crippen LogP contribution in [0.15, 0.2) is 75.1 Å². The normalized spacial score (nSPS) is 18.1. The molecular weight excluding hydrogens is 511 g/mol. The number of thiophene rings is 1. The summed E-state index contributed by atoms with van der Waals surface area (Å²) in [7, 11) is -7.69. The predicted octanol–water partition coefficient (Wildman–Crippen LogP) is 3.47. The van der Waals surface area contributed by atoms with Gasteiger partial charge in [0.25, 0.3) is 10.0 Å². The number of sulfone groups is 1. The van der Waals surface area contributed by atoms with E-state index in [9.17, 15) is 26.3 Å². The topological polar surface area (TPSA) is 95.0 Å². The molecule has 1 aliphatic rings. The van der Waals surface area contributed by atoms with Crippen molar-refractivity contribution < 1.29 is 26.3 Å². The molecule has 0 amide bonds. The minimum absolute atomic E-state index is 0.0397. The first-order valence-corrected chi connectivity index (χ1v) is 15.0. The van der Waals surface area contributed by atoms with Crippen LogP contribution in [0.3, 0.4) is 0 Å². The zero-order valence-corrected chi connectivity index (χ0v) is 21.8. The second-order valence-corrected chi connectivity index (χ2v) is 14.1. The molecule has 188 valence electrons. The van der Waals surface area contributed by atoms with Gasteiger partial charge in [-0.25, -0.2) is 21.2 Å². The van der Waals surface area contributed by atoms with Crippen LogP contribution >= 0.6 is 11.3 Å². The number of nitrogens with zero attached hydrogens (tertiary/aromatic N) is 2. The molecule has 2 heterocycles. The first-order chi connectivity index (χ1) is 16.4. The summed E-state index contributed by atoms with van der Waals surface area (Å²) in [4.78, 5) is 1.72. The molecule has 2 aromatic carbocycles. The first kappa shape index (κ1) is 25.8. The Labute approximate surface area is 209 Å². The molecule has 3 aromatic rings. The van der Waals surface area contributed by atoms with Gasteiger partial charge in [-0.15, -0.1) is 11.3 Å². The third-order valence-electron chi connectivity index (χ3n) is 6.01. The van der Waals surface area contributed by atoms with Crippen LogP contribution in [0.1, 0.15) is 19.4 Å². The Kier molecular flexibility index (Phi) is 7.09. The van der Waals surface area contributed by atoms with Gasteiger partial charge in [-0.1, -0.05) is 24.3 Å². The van der Waals surface area contributed by atoms with Crippen LogP contribution in [0.5, 0.6) is 0 Å². The highest BCUT2D eigenvalue weighted by Gasteiger charge is 2.37. The fraction of sp³-hybridized carbons (Fsp3) is 0.333. The highest BCUT2D eigenvalue weighted by Crippen LogP contribution is 2.30. The molecule has 0 saturated carbocycles. The van der Waals surface area contributed by atoms with Gasteiger partial charge < -0.3 is 10.0 Å². The van der Waals surface area contributed by atoms with Crippen LogP contribution in [-0.4, -0.2) is 57.7 Å². The monoisotopic (exact) mass is 538 g/mol. The van der Waals surface area contributed by atoms with Crippen molar-refractivity contribution in [2.24, 2.45) is 0 Å². The largest absolute Gasteiger partial charge is 0.386 e. The van der Waals surface area contributed by atoms with E-state index in [2.05, 4.69) is 0 Å². The first-order valence-electron chi connectivity index (χ1n) is 11.0. The Balaban J connectivity index is 1.68. The van der Waals surface area contributed by atoms with Crippen molar-refractivity contribution in [3.63, 3.8) is 0 Å². The number of aliphatic hydroxyl groups is 1. The quantitative estimate of drug-likeness (QED) is 0.495. The van der Waals surface area contributed by atoms with Gasteiger partial charge in [0, 0.05) is 25.3 Å². The van der Waals surface area contributed by atoms with Crippen molar-refractivity contribution in [1.82, 2.24) is 4.31 Å². The van der Waals surface area contributed by atoms with Crippen molar-refractivity contribution >= 4 is 36.9 Å². The van der Waals surface area contributed by atoms with Gasteiger partial charge in [0.2, 0.25) is 0 Å². The zero-order chi connectivity index (χ0) is 25.4. The van der Waals surface area contributed by atoms with Crippen LogP contribution in [-0.2, 0) is 25.5 Å². The van der Waals surface area contributed by atoms with Gasteiger partial charge >= 0.3 is 0 Å². The Morgan fingerprint density at radius 3 is 2.34 bits per heavy atom. The highest BCUT2D eigenvalue weighted by molar-refractivity contribution is 7.91. The van der Waals surface area contributed by atoms with E-state index < -0.39 is 37.3 Å². The predicted molar refractivity (Wildman–Crippen MR) is 134 cm³/mol. The fourth-order valence-electron chi connectivity index (χ4n) is 4.14. The second-order valence-electron chi connectivity index (χ2n) is 8.99. The van der Waals surface area contributed by atoms with E-state index in [1.54, 1.807) is 49.6 Å². The average molecular weight is 539 g/mol. The molecule has 4 rings (SSSR count). The summed E-state index contributed by atoms with van der Waals surface area (Å²) in [5, 5.41) is 11.9. The molecule has 0 radical (unpaired) electrons. The van der Waals surface area contributed by atoms with E-state index in [4.69, 9.17) is 0 Å². The third kappa shape index (κ3) is 5.59. The smallest absolute Gasteiger partial charge is 0.252 e. The number of hydrogen-bond donors (Lipinski definition) is 1. The lowest BCUT2D eigenvalue weighted by Crippen LogP contribution is -2.57. The molecule has 0 bridgehead atoms. The third-order valence-corrected chi connectivity index (χ3v) is 11.0. The molecule has 0 unspecified atom stereocenters. The lowest BCUT2D eigenvalue weighted by Gasteiger charge is -2.42. The summed E-state index contributed by atoms with van der Waals surface area (Å²) in [6.45, 7) is 3.76. The van der Waals surface area contributed by atoms with Gasteiger partial charge in [0.15, 0.2) is 9.84 Å². The SMILES string of the molecule is CC(C)(O)c1ccc(N2CCN(S(=O)(=O)c3cccs3)C[C@@H]2CS(=O)(=O)c2cccc(F)c2)cc1. The Morgan fingerprint density at radius 2 is 1.74 bits per heavy atom. The van der Waals surface area contributed by atoms with Crippen LogP contribution in [0.2, 0.25) is 0 Å². The number of anilines is 1. The summed E-state index contributed by atoms with van der Waals surface area (Å²) in [5.41, 5.74) is 0.376. The van der Waals surface area contributed by atoms with Crippen LogP contribution in [0.25, 0.3) is 0 Å². The van der Waals surface area contributed by atoms with Crippen LogP contribution in [0.4, 0.5) is 10.1 Å². The molecule has 1 aliphatic heterocycles. The summed E-state index contributed by atoms with van der Waals surface area (Å²) >= 11 is 1.11. The summed E-state index contributed by atoms with van der Waals surface area (Å²) < 4.78 is 68.0. The lowest BCUT2D eigenvalue weighted by molar-refractivity contribution is 0.0786. The number of halogens is 1. The molecule has 0 aliphatic carbocycles. The van der Waals surface area contributed by atoms with Crippen LogP contribution in [0, 0.1) is 5.82 Å². The highest BCUT2D eigenvalue weighted by atomic mass is 32.2. The molecular formula is C24H27FN2O5S3. The minimum atomic E-state index is -3.92. The van der Waals surface area contributed by atoms with Crippen molar-refractivity contribution in [2.45, 2.75) is 34.6 Å². The van der Waals surface area contributed by atoms with E-state index in [1.165, 1.54) is 28.6 Å². The van der Waals surface area contributed by atoms with Gasteiger partial charge in [-0.05, 0) is 61.2 Å². The maximum absolute atomic E-state index is 13.7. The van der Waals surface area contributed by atoms with Crippen molar-refractivity contribution in [3.8, 4) is 0 Å². The number of rotatable bonds is 7. The van der Waals surface area contributed by atoms with Gasteiger partial charge in [-0.2, -0.15) is 4.31 Å². The Hall–Kier alpha value is -2.31. The zero-order valence-electron chi connectivity index (χ0n) is 19.3. The summed E-state index contributed by atoms with van der Waals surface area (Å²) in [6, 6.07) is 14.4. The molecule has 1 N–H and O–H groups in total. The maximum atomic E-state index is 13.7. The number of sulfonamides is 1. The van der Waals surface area contributed by atoms with E-state index >= 15 is 0 Å².